The lowest BCUT2D eigenvalue weighted by molar-refractivity contribution is 0.213. The zero-order valence-electron chi connectivity index (χ0n) is 8.67. The van der Waals surface area contributed by atoms with Gasteiger partial charge in [0, 0.05) is 12.6 Å². The third kappa shape index (κ3) is 4.35. The van der Waals surface area contributed by atoms with Crippen molar-refractivity contribution in [2.45, 2.75) is 40.2 Å². The second-order valence-electron chi connectivity index (χ2n) is 3.69. The van der Waals surface area contributed by atoms with Gasteiger partial charge in [0.25, 0.3) is 0 Å². The first-order valence-electron chi connectivity index (χ1n) is 4.72. The summed E-state index contributed by atoms with van der Waals surface area (Å²) in [5, 5.41) is 8.58. The van der Waals surface area contributed by atoms with Crippen LogP contribution in [-0.4, -0.2) is 24.0 Å². The van der Waals surface area contributed by atoms with Crippen molar-refractivity contribution in [3.8, 4) is 6.07 Å². The minimum atomic E-state index is 0.485. The normalized spacial score (nSPS) is 13.4. The third-order valence-electron chi connectivity index (χ3n) is 2.25. The van der Waals surface area contributed by atoms with Gasteiger partial charge in [-0.25, -0.2) is 0 Å². The summed E-state index contributed by atoms with van der Waals surface area (Å²) < 4.78 is 0. The lowest BCUT2D eigenvalue weighted by atomic mass is 10.1. The minimum absolute atomic E-state index is 0.485. The van der Waals surface area contributed by atoms with Gasteiger partial charge in [-0.1, -0.05) is 20.3 Å². The van der Waals surface area contributed by atoms with Gasteiger partial charge in [-0.2, -0.15) is 5.26 Å². The zero-order chi connectivity index (χ0) is 9.56. The molecule has 1 atom stereocenters. The van der Waals surface area contributed by atoms with E-state index in [0.29, 0.717) is 18.5 Å². The van der Waals surface area contributed by atoms with Crippen molar-refractivity contribution in [1.82, 2.24) is 4.90 Å². The van der Waals surface area contributed by atoms with E-state index in [2.05, 4.69) is 38.7 Å². The fraction of sp³-hybridized carbons (Fsp3) is 0.900. The zero-order valence-corrected chi connectivity index (χ0v) is 8.67. The van der Waals surface area contributed by atoms with Crippen LogP contribution in [-0.2, 0) is 0 Å². The van der Waals surface area contributed by atoms with E-state index in [1.807, 2.05) is 0 Å². The molecule has 0 saturated heterocycles. The Morgan fingerprint density at radius 1 is 1.33 bits per heavy atom. The summed E-state index contributed by atoms with van der Waals surface area (Å²) in [6, 6.07) is 2.69. The Kier molecular flexibility index (Phi) is 5.74. The molecule has 0 fully saturated rings. The molecule has 0 aliphatic carbocycles. The largest absolute Gasteiger partial charge is 0.288 e. The molecule has 2 heteroatoms. The fourth-order valence-electron chi connectivity index (χ4n) is 1.08. The van der Waals surface area contributed by atoms with E-state index < -0.39 is 0 Å². The van der Waals surface area contributed by atoms with Crippen LogP contribution >= 0.6 is 0 Å². The summed E-state index contributed by atoms with van der Waals surface area (Å²) in [6.45, 7) is 10.3. The Labute approximate surface area is 76.2 Å². The average molecular weight is 168 g/mol. The molecule has 0 aliphatic rings. The summed E-state index contributed by atoms with van der Waals surface area (Å²) in [7, 11) is 0. The fourth-order valence-corrected chi connectivity index (χ4v) is 1.08. The first kappa shape index (κ1) is 11.4. The highest BCUT2D eigenvalue weighted by Gasteiger charge is 2.11. The van der Waals surface area contributed by atoms with Crippen LogP contribution in [0.25, 0.3) is 0 Å². The van der Waals surface area contributed by atoms with Crippen LogP contribution in [0, 0.1) is 17.2 Å². The highest BCUT2D eigenvalue weighted by Crippen LogP contribution is 2.06. The lowest BCUT2D eigenvalue weighted by Crippen LogP contribution is -2.34. The van der Waals surface area contributed by atoms with E-state index in [1.54, 1.807) is 0 Å². The molecule has 12 heavy (non-hydrogen) atoms. The number of hydrogen-bond donors (Lipinski definition) is 0. The molecule has 0 rings (SSSR count). The van der Waals surface area contributed by atoms with Crippen molar-refractivity contribution in [2.75, 3.05) is 13.1 Å². The first-order chi connectivity index (χ1) is 5.61. The summed E-state index contributed by atoms with van der Waals surface area (Å²) in [4.78, 5) is 2.22. The van der Waals surface area contributed by atoms with Crippen LogP contribution < -0.4 is 0 Å². The maximum atomic E-state index is 8.58. The van der Waals surface area contributed by atoms with Crippen LogP contribution in [0.2, 0.25) is 0 Å². The molecule has 0 aliphatic heterocycles. The lowest BCUT2D eigenvalue weighted by Gasteiger charge is -2.26. The van der Waals surface area contributed by atoms with Gasteiger partial charge in [0.15, 0.2) is 0 Å². The number of hydrogen-bond acceptors (Lipinski definition) is 2. The number of nitrogens with zero attached hydrogens (tertiary/aromatic N) is 2. The quantitative estimate of drug-likeness (QED) is 0.589. The molecule has 0 N–H and O–H groups in total. The Morgan fingerprint density at radius 2 is 1.92 bits per heavy atom. The van der Waals surface area contributed by atoms with Crippen molar-refractivity contribution in [1.29, 1.82) is 5.26 Å². The average Bonchev–Trinajstić information content (AvgIpc) is 2.03. The monoisotopic (exact) mass is 168 g/mol. The van der Waals surface area contributed by atoms with E-state index in [0.717, 1.165) is 6.54 Å². The number of nitriles is 1. The molecule has 0 saturated carbocycles. The maximum Gasteiger partial charge on any atom is 0.0868 e. The first-order valence-corrected chi connectivity index (χ1v) is 4.72. The Hall–Kier alpha value is -0.550. The van der Waals surface area contributed by atoms with Gasteiger partial charge >= 0.3 is 0 Å². The van der Waals surface area contributed by atoms with Crippen molar-refractivity contribution in [3.05, 3.63) is 0 Å². The molecule has 0 aromatic rings. The summed E-state index contributed by atoms with van der Waals surface area (Å²) in [5.74, 6) is 0.695. The topological polar surface area (TPSA) is 27.0 Å². The summed E-state index contributed by atoms with van der Waals surface area (Å²) in [6.07, 6.45) is 1.19. The Bertz CT molecular complexity index is 146. The molecular formula is C10H20N2. The van der Waals surface area contributed by atoms with Crippen LogP contribution in [0.4, 0.5) is 0 Å². The molecule has 0 heterocycles. The molecular weight excluding hydrogens is 148 g/mol. The van der Waals surface area contributed by atoms with E-state index in [-0.39, 0.29) is 0 Å². The highest BCUT2D eigenvalue weighted by molar-refractivity contribution is 4.79. The van der Waals surface area contributed by atoms with Gasteiger partial charge in [-0.15, -0.1) is 0 Å². The van der Waals surface area contributed by atoms with E-state index >= 15 is 0 Å². The van der Waals surface area contributed by atoms with Crippen molar-refractivity contribution in [2.24, 2.45) is 5.92 Å². The maximum absolute atomic E-state index is 8.58. The Balaban J connectivity index is 3.88. The van der Waals surface area contributed by atoms with Gasteiger partial charge in [0.1, 0.15) is 0 Å². The summed E-state index contributed by atoms with van der Waals surface area (Å²) in [5.41, 5.74) is 0. The van der Waals surface area contributed by atoms with Crippen molar-refractivity contribution in [3.63, 3.8) is 0 Å². The smallest absolute Gasteiger partial charge is 0.0868 e. The molecule has 0 aromatic heterocycles. The molecule has 70 valence electrons. The second kappa shape index (κ2) is 6.02. The number of rotatable bonds is 5. The van der Waals surface area contributed by atoms with Crippen molar-refractivity contribution < 1.29 is 0 Å². The third-order valence-corrected chi connectivity index (χ3v) is 2.25. The van der Waals surface area contributed by atoms with Crippen LogP contribution in [0.15, 0.2) is 0 Å². The predicted molar refractivity (Wildman–Crippen MR) is 51.8 cm³/mol. The molecule has 0 aromatic carbocycles. The SMILES string of the molecule is CCC(C)CN(CC#N)C(C)C. The van der Waals surface area contributed by atoms with Gasteiger partial charge in [-0.05, 0) is 19.8 Å². The molecule has 0 spiro atoms. The van der Waals surface area contributed by atoms with Crippen LogP contribution in [0.5, 0.6) is 0 Å². The Morgan fingerprint density at radius 3 is 2.25 bits per heavy atom. The van der Waals surface area contributed by atoms with Gasteiger partial charge in [-0.3, -0.25) is 4.90 Å². The molecule has 1 unspecified atom stereocenters. The molecule has 2 nitrogen and oxygen atoms in total. The van der Waals surface area contributed by atoms with Crippen LogP contribution in [0.1, 0.15) is 34.1 Å². The van der Waals surface area contributed by atoms with Crippen molar-refractivity contribution >= 4 is 0 Å². The molecule has 0 radical (unpaired) electrons. The van der Waals surface area contributed by atoms with E-state index in [9.17, 15) is 0 Å². The van der Waals surface area contributed by atoms with Gasteiger partial charge < -0.3 is 0 Å². The predicted octanol–water partition coefficient (Wildman–Crippen LogP) is 2.27. The van der Waals surface area contributed by atoms with E-state index in [1.165, 1.54) is 6.42 Å². The van der Waals surface area contributed by atoms with Gasteiger partial charge in [0.2, 0.25) is 0 Å². The molecule has 0 bridgehead atoms. The second-order valence-corrected chi connectivity index (χ2v) is 3.69. The molecule has 0 amide bonds. The van der Waals surface area contributed by atoms with E-state index in [4.69, 9.17) is 5.26 Å². The van der Waals surface area contributed by atoms with Gasteiger partial charge in [0.05, 0.1) is 12.6 Å². The minimum Gasteiger partial charge on any atom is -0.288 e. The van der Waals surface area contributed by atoms with Crippen LogP contribution in [0.3, 0.4) is 0 Å². The highest BCUT2D eigenvalue weighted by atomic mass is 15.1. The standard InChI is InChI=1S/C10H20N2/c1-5-10(4)8-12(7-6-11)9(2)3/h9-10H,5,7-8H2,1-4H3. The summed E-state index contributed by atoms with van der Waals surface area (Å²) >= 11 is 0.